The van der Waals surface area contributed by atoms with Gasteiger partial charge in [-0.25, -0.2) is 17.8 Å². The number of hydrogen-bond acceptors (Lipinski definition) is 5. The minimum Gasteiger partial charge on any atom is -0.381 e. The van der Waals surface area contributed by atoms with Crippen LogP contribution in [-0.2, 0) is 28.7 Å². The summed E-state index contributed by atoms with van der Waals surface area (Å²) in [4.78, 5) is 5.53. The molecule has 1 aliphatic rings. The molecular formula is C24H25F2N3O2S. The molecule has 3 aromatic rings. The maximum atomic E-state index is 14.8. The normalized spacial score (nSPS) is 14.2. The Bertz CT molecular complexity index is 1230. The first-order valence-corrected chi connectivity index (χ1v) is 12.1. The van der Waals surface area contributed by atoms with Gasteiger partial charge < -0.3 is 5.32 Å². The second-order valence-corrected chi connectivity index (χ2v) is 10.0. The molecule has 0 saturated carbocycles. The fourth-order valence-corrected chi connectivity index (χ4v) is 5.16. The smallest absolute Gasteiger partial charge is 0.213 e. The number of rotatable bonds is 8. The molecule has 32 heavy (non-hydrogen) atoms. The van der Waals surface area contributed by atoms with Gasteiger partial charge in [0, 0.05) is 18.8 Å². The van der Waals surface area contributed by atoms with E-state index in [0.717, 1.165) is 31.3 Å². The van der Waals surface area contributed by atoms with Crippen LogP contribution >= 0.6 is 0 Å². The van der Waals surface area contributed by atoms with Crippen LogP contribution in [0.25, 0.3) is 0 Å². The van der Waals surface area contributed by atoms with E-state index in [4.69, 9.17) is 0 Å². The van der Waals surface area contributed by atoms with E-state index in [2.05, 4.69) is 21.3 Å². The lowest BCUT2D eigenvalue weighted by molar-refractivity contribution is 0.172. The van der Waals surface area contributed by atoms with Crippen molar-refractivity contribution in [3.05, 3.63) is 88.7 Å². The van der Waals surface area contributed by atoms with E-state index in [1.165, 1.54) is 36.2 Å². The standard InChI is InChI=1S/C24H25F2N3O2S/c1-17-12-23(32(30,31)16-20-8-4-9-24(26)28-20)21(25)13-22(17)27-14-18-6-2-3-7-19(18)15-29-10-5-11-29/h2-4,6-9,12-13,27H,5,10-11,14-16H2,1H3. The summed E-state index contributed by atoms with van der Waals surface area (Å²) < 4.78 is 53.6. The third-order valence-corrected chi connectivity index (χ3v) is 7.31. The molecule has 5 nitrogen and oxygen atoms in total. The van der Waals surface area contributed by atoms with Crippen LogP contribution in [0.4, 0.5) is 14.5 Å². The van der Waals surface area contributed by atoms with Crippen LogP contribution < -0.4 is 5.32 Å². The predicted molar refractivity (Wildman–Crippen MR) is 120 cm³/mol. The van der Waals surface area contributed by atoms with Crippen molar-refractivity contribution in [2.24, 2.45) is 0 Å². The number of nitrogens with zero attached hydrogens (tertiary/aromatic N) is 2. The maximum Gasteiger partial charge on any atom is 0.213 e. The quantitative estimate of drug-likeness (QED) is 0.506. The summed E-state index contributed by atoms with van der Waals surface area (Å²) in [5.74, 6) is -2.19. The second-order valence-electron chi connectivity index (χ2n) is 8.06. The number of likely N-dealkylation sites (tertiary alicyclic amines) is 1. The molecule has 0 aliphatic carbocycles. The summed E-state index contributed by atoms with van der Waals surface area (Å²) in [5.41, 5.74) is 3.51. The molecule has 4 rings (SSSR count). The third-order valence-electron chi connectivity index (χ3n) is 5.65. The number of hydrogen-bond donors (Lipinski definition) is 1. The highest BCUT2D eigenvalue weighted by Crippen LogP contribution is 2.27. The molecule has 1 aliphatic heterocycles. The van der Waals surface area contributed by atoms with Gasteiger partial charge in [0.1, 0.15) is 10.7 Å². The molecule has 0 bridgehead atoms. The van der Waals surface area contributed by atoms with Gasteiger partial charge in [0.25, 0.3) is 0 Å². The molecule has 1 N–H and O–H groups in total. The number of aromatic nitrogens is 1. The summed E-state index contributed by atoms with van der Waals surface area (Å²) in [6, 6.07) is 14.6. The number of nitrogens with one attached hydrogen (secondary N) is 1. The SMILES string of the molecule is Cc1cc(S(=O)(=O)Cc2cccc(F)n2)c(F)cc1NCc1ccccc1CN1CCC1. The number of aryl methyl sites for hydroxylation is 1. The van der Waals surface area contributed by atoms with Gasteiger partial charge in [0.05, 0.1) is 11.4 Å². The lowest BCUT2D eigenvalue weighted by atomic mass is 10.0. The van der Waals surface area contributed by atoms with Crippen molar-refractivity contribution in [2.45, 2.75) is 37.1 Å². The van der Waals surface area contributed by atoms with Crippen LogP contribution in [-0.4, -0.2) is 31.4 Å². The zero-order chi connectivity index (χ0) is 22.7. The van der Waals surface area contributed by atoms with Crippen molar-refractivity contribution < 1.29 is 17.2 Å². The van der Waals surface area contributed by atoms with Gasteiger partial charge in [0.2, 0.25) is 5.95 Å². The molecule has 168 valence electrons. The van der Waals surface area contributed by atoms with Gasteiger partial charge in [-0.1, -0.05) is 30.3 Å². The average molecular weight is 458 g/mol. The third kappa shape index (κ3) is 5.14. The molecule has 1 saturated heterocycles. The summed E-state index contributed by atoms with van der Waals surface area (Å²) in [6.07, 6.45) is 1.23. The van der Waals surface area contributed by atoms with Crippen LogP contribution in [0.5, 0.6) is 0 Å². The van der Waals surface area contributed by atoms with Crippen LogP contribution in [0.1, 0.15) is 28.8 Å². The average Bonchev–Trinajstić information content (AvgIpc) is 2.71. The molecule has 1 aromatic heterocycles. The van der Waals surface area contributed by atoms with E-state index in [1.54, 1.807) is 6.92 Å². The van der Waals surface area contributed by atoms with Gasteiger partial charge in [0.15, 0.2) is 9.84 Å². The number of benzene rings is 2. The molecule has 0 amide bonds. The minimum atomic E-state index is -4.02. The molecule has 1 fully saturated rings. The summed E-state index contributed by atoms with van der Waals surface area (Å²) in [5, 5.41) is 3.24. The number of anilines is 1. The van der Waals surface area contributed by atoms with Crippen molar-refractivity contribution in [1.82, 2.24) is 9.88 Å². The van der Waals surface area contributed by atoms with Gasteiger partial charge in [-0.2, -0.15) is 4.39 Å². The van der Waals surface area contributed by atoms with E-state index < -0.39 is 32.3 Å². The lowest BCUT2D eigenvalue weighted by Crippen LogP contribution is -2.36. The zero-order valence-electron chi connectivity index (χ0n) is 17.8. The highest BCUT2D eigenvalue weighted by Gasteiger charge is 2.22. The number of halogens is 2. The van der Waals surface area contributed by atoms with Gasteiger partial charge in [-0.05, 0) is 67.4 Å². The first-order valence-electron chi connectivity index (χ1n) is 10.5. The molecule has 0 unspecified atom stereocenters. The highest BCUT2D eigenvalue weighted by atomic mass is 32.2. The molecule has 0 spiro atoms. The van der Waals surface area contributed by atoms with Crippen molar-refractivity contribution in [3.63, 3.8) is 0 Å². The molecular weight excluding hydrogens is 432 g/mol. The molecule has 2 heterocycles. The molecule has 2 aromatic carbocycles. The largest absolute Gasteiger partial charge is 0.381 e. The van der Waals surface area contributed by atoms with Crippen LogP contribution in [0.3, 0.4) is 0 Å². The van der Waals surface area contributed by atoms with Crippen LogP contribution in [0, 0.1) is 18.7 Å². The first-order chi connectivity index (χ1) is 15.3. The lowest BCUT2D eigenvalue weighted by Gasteiger charge is -2.31. The van der Waals surface area contributed by atoms with Gasteiger partial charge in [-0.15, -0.1) is 0 Å². The molecule has 0 radical (unpaired) electrons. The van der Waals surface area contributed by atoms with Crippen LogP contribution in [0.15, 0.2) is 59.5 Å². The summed E-state index contributed by atoms with van der Waals surface area (Å²) >= 11 is 0. The fourth-order valence-electron chi connectivity index (χ4n) is 3.74. The molecule has 0 atom stereocenters. The number of pyridine rings is 1. The first kappa shape index (κ1) is 22.4. The maximum absolute atomic E-state index is 14.8. The van der Waals surface area contributed by atoms with Crippen molar-refractivity contribution in [3.8, 4) is 0 Å². The zero-order valence-corrected chi connectivity index (χ0v) is 18.6. The van der Waals surface area contributed by atoms with Crippen molar-refractivity contribution in [1.29, 1.82) is 0 Å². The predicted octanol–water partition coefficient (Wildman–Crippen LogP) is 4.46. The Hall–Kier alpha value is -2.84. The second kappa shape index (κ2) is 9.34. The Kier molecular flexibility index (Phi) is 6.53. The van der Waals surface area contributed by atoms with E-state index in [1.807, 2.05) is 18.2 Å². The van der Waals surface area contributed by atoms with Gasteiger partial charge >= 0.3 is 0 Å². The van der Waals surface area contributed by atoms with Crippen molar-refractivity contribution in [2.75, 3.05) is 18.4 Å². The Morgan fingerprint density at radius 3 is 2.47 bits per heavy atom. The Morgan fingerprint density at radius 1 is 1.03 bits per heavy atom. The number of sulfone groups is 1. The minimum absolute atomic E-state index is 0.0306. The van der Waals surface area contributed by atoms with E-state index in [-0.39, 0.29) is 5.69 Å². The Balaban J connectivity index is 1.51. The van der Waals surface area contributed by atoms with E-state index >= 15 is 0 Å². The van der Waals surface area contributed by atoms with Crippen LogP contribution in [0.2, 0.25) is 0 Å². The summed E-state index contributed by atoms with van der Waals surface area (Å²) in [6.45, 7) is 5.33. The van der Waals surface area contributed by atoms with Gasteiger partial charge in [-0.3, -0.25) is 4.90 Å². The highest BCUT2D eigenvalue weighted by molar-refractivity contribution is 7.90. The topological polar surface area (TPSA) is 62.3 Å². The summed E-state index contributed by atoms with van der Waals surface area (Å²) in [7, 11) is -4.02. The van der Waals surface area contributed by atoms with E-state index in [9.17, 15) is 17.2 Å². The Labute approximate surface area is 187 Å². The van der Waals surface area contributed by atoms with Crippen molar-refractivity contribution >= 4 is 15.5 Å². The van der Waals surface area contributed by atoms with E-state index in [0.29, 0.717) is 17.8 Å². The Morgan fingerprint density at radius 2 is 1.78 bits per heavy atom. The molecule has 8 heteroatoms. The fraction of sp³-hybridized carbons (Fsp3) is 0.292. The monoisotopic (exact) mass is 457 g/mol.